The number of aliphatic carboxylic acids is 1. The van der Waals surface area contributed by atoms with Crippen LogP contribution in [0.2, 0.25) is 0 Å². The highest BCUT2D eigenvalue weighted by Crippen LogP contribution is 2.22. The van der Waals surface area contributed by atoms with Crippen LogP contribution in [-0.2, 0) is 4.79 Å². The minimum Gasteiger partial charge on any atom is -0.480 e. The summed E-state index contributed by atoms with van der Waals surface area (Å²) in [6, 6.07) is 3.58. The third-order valence-corrected chi connectivity index (χ3v) is 2.67. The number of rotatable bonds is 5. The largest absolute Gasteiger partial charge is 0.480 e. The molecule has 2 rings (SSSR count). The number of para-hydroxylation sites is 1. The van der Waals surface area contributed by atoms with Crippen LogP contribution in [0.1, 0.15) is 20.3 Å². The van der Waals surface area contributed by atoms with Gasteiger partial charge in [0.2, 0.25) is 0 Å². The van der Waals surface area contributed by atoms with Gasteiger partial charge in [0.25, 0.3) is 6.01 Å². The Morgan fingerprint density at radius 3 is 2.84 bits per heavy atom. The maximum atomic E-state index is 13.4. The maximum Gasteiger partial charge on any atom is 0.326 e. The number of carboxylic acids is 1. The number of halogens is 1. The molecule has 0 saturated carbocycles. The fraction of sp³-hybridized carbons (Fsp3) is 0.385. The van der Waals surface area contributed by atoms with Gasteiger partial charge < -0.3 is 14.8 Å². The molecular formula is C13H15FN2O3. The van der Waals surface area contributed by atoms with Gasteiger partial charge in [-0.15, -0.1) is 0 Å². The number of hydrogen-bond acceptors (Lipinski definition) is 4. The van der Waals surface area contributed by atoms with Crippen molar-refractivity contribution in [2.24, 2.45) is 5.92 Å². The molecule has 0 aliphatic carbocycles. The summed E-state index contributed by atoms with van der Waals surface area (Å²) in [7, 11) is 0. The molecule has 0 aliphatic heterocycles. The molecule has 6 heteroatoms. The Labute approximate surface area is 109 Å². The zero-order chi connectivity index (χ0) is 14.0. The molecule has 1 unspecified atom stereocenters. The second-order valence-electron chi connectivity index (χ2n) is 4.77. The number of oxazole rings is 1. The summed E-state index contributed by atoms with van der Waals surface area (Å²) in [5.74, 6) is -1.28. The van der Waals surface area contributed by atoms with Crippen molar-refractivity contribution in [1.29, 1.82) is 0 Å². The second kappa shape index (κ2) is 5.26. The average Bonchev–Trinajstić information content (AvgIpc) is 2.71. The number of benzene rings is 1. The molecule has 0 aliphatic rings. The Bertz CT molecular complexity index is 595. The number of aromatic nitrogens is 1. The molecule has 1 atom stereocenters. The number of anilines is 1. The molecule has 19 heavy (non-hydrogen) atoms. The first-order chi connectivity index (χ1) is 8.97. The standard InChI is InChI=1S/C13H15FN2O3/c1-7(2)6-9(12(17)18)15-13-16-11-8(14)4-3-5-10(11)19-13/h3-5,7,9H,6H2,1-2H3,(H,15,16)(H,17,18). The minimum atomic E-state index is -0.989. The zero-order valence-electron chi connectivity index (χ0n) is 10.7. The zero-order valence-corrected chi connectivity index (χ0v) is 10.7. The molecule has 1 aromatic carbocycles. The molecule has 0 fully saturated rings. The fourth-order valence-electron chi connectivity index (χ4n) is 1.82. The van der Waals surface area contributed by atoms with E-state index in [0.29, 0.717) is 6.42 Å². The molecule has 0 amide bonds. The van der Waals surface area contributed by atoms with E-state index in [1.165, 1.54) is 12.1 Å². The van der Waals surface area contributed by atoms with E-state index in [-0.39, 0.29) is 23.0 Å². The lowest BCUT2D eigenvalue weighted by Crippen LogP contribution is -2.30. The van der Waals surface area contributed by atoms with Gasteiger partial charge in [-0.05, 0) is 24.5 Å². The van der Waals surface area contributed by atoms with Gasteiger partial charge in [-0.3, -0.25) is 0 Å². The summed E-state index contributed by atoms with van der Waals surface area (Å²) < 4.78 is 18.7. The summed E-state index contributed by atoms with van der Waals surface area (Å²) in [4.78, 5) is 15.0. The van der Waals surface area contributed by atoms with E-state index in [9.17, 15) is 9.18 Å². The van der Waals surface area contributed by atoms with Crippen LogP contribution in [0.4, 0.5) is 10.4 Å². The number of fused-ring (bicyclic) bond motifs is 1. The molecular weight excluding hydrogens is 251 g/mol. The van der Waals surface area contributed by atoms with Crippen molar-refractivity contribution < 1.29 is 18.7 Å². The first kappa shape index (κ1) is 13.3. The Morgan fingerprint density at radius 1 is 1.53 bits per heavy atom. The number of hydrogen-bond donors (Lipinski definition) is 2. The van der Waals surface area contributed by atoms with Gasteiger partial charge in [0.05, 0.1) is 0 Å². The van der Waals surface area contributed by atoms with Gasteiger partial charge in [-0.1, -0.05) is 19.9 Å². The Hall–Kier alpha value is -2.11. The lowest BCUT2D eigenvalue weighted by atomic mass is 10.0. The smallest absolute Gasteiger partial charge is 0.326 e. The highest BCUT2D eigenvalue weighted by Gasteiger charge is 2.21. The van der Waals surface area contributed by atoms with E-state index in [1.54, 1.807) is 6.07 Å². The van der Waals surface area contributed by atoms with E-state index < -0.39 is 17.8 Å². The van der Waals surface area contributed by atoms with Crippen LogP contribution in [-0.4, -0.2) is 22.1 Å². The Morgan fingerprint density at radius 2 is 2.26 bits per heavy atom. The summed E-state index contributed by atoms with van der Waals surface area (Å²) in [6.45, 7) is 3.84. The van der Waals surface area contributed by atoms with Crippen LogP contribution in [0.5, 0.6) is 0 Å². The van der Waals surface area contributed by atoms with E-state index in [1.807, 2.05) is 13.8 Å². The molecule has 1 aromatic heterocycles. The highest BCUT2D eigenvalue weighted by atomic mass is 19.1. The van der Waals surface area contributed by atoms with Gasteiger partial charge >= 0.3 is 5.97 Å². The van der Waals surface area contributed by atoms with Gasteiger partial charge in [-0.2, -0.15) is 4.98 Å². The Kier molecular flexibility index (Phi) is 3.69. The van der Waals surface area contributed by atoms with E-state index in [0.717, 1.165) is 0 Å². The molecule has 0 spiro atoms. The summed E-state index contributed by atoms with van der Waals surface area (Å²) in [6.07, 6.45) is 0.427. The molecule has 2 aromatic rings. The van der Waals surface area contributed by atoms with E-state index >= 15 is 0 Å². The molecule has 102 valence electrons. The maximum absolute atomic E-state index is 13.4. The summed E-state index contributed by atoms with van der Waals surface area (Å²) in [5.41, 5.74) is 0.384. The third kappa shape index (κ3) is 3.01. The van der Waals surface area contributed by atoms with Crippen molar-refractivity contribution in [3.05, 3.63) is 24.0 Å². The van der Waals surface area contributed by atoms with Crippen molar-refractivity contribution in [3.63, 3.8) is 0 Å². The first-order valence-electron chi connectivity index (χ1n) is 6.01. The number of nitrogens with zero attached hydrogens (tertiary/aromatic N) is 1. The van der Waals surface area contributed by atoms with Crippen molar-refractivity contribution in [1.82, 2.24) is 4.98 Å². The summed E-state index contributed by atoms with van der Waals surface area (Å²) >= 11 is 0. The minimum absolute atomic E-state index is 0.0214. The lowest BCUT2D eigenvalue weighted by molar-refractivity contribution is -0.138. The molecule has 0 bridgehead atoms. The van der Waals surface area contributed by atoms with Gasteiger partial charge in [0, 0.05) is 0 Å². The molecule has 1 heterocycles. The monoisotopic (exact) mass is 266 g/mol. The normalized spacial score (nSPS) is 12.8. The number of nitrogens with one attached hydrogen (secondary N) is 1. The van der Waals surface area contributed by atoms with Crippen molar-refractivity contribution in [2.75, 3.05) is 5.32 Å². The molecule has 0 saturated heterocycles. The Balaban J connectivity index is 2.24. The first-order valence-corrected chi connectivity index (χ1v) is 6.01. The average molecular weight is 266 g/mol. The predicted octanol–water partition coefficient (Wildman–Crippen LogP) is 2.88. The molecule has 0 radical (unpaired) electrons. The van der Waals surface area contributed by atoms with Crippen LogP contribution in [0, 0.1) is 11.7 Å². The molecule has 5 nitrogen and oxygen atoms in total. The van der Waals surface area contributed by atoms with Crippen LogP contribution >= 0.6 is 0 Å². The quantitative estimate of drug-likeness (QED) is 0.870. The highest BCUT2D eigenvalue weighted by molar-refractivity contribution is 5.78. The lowest BCUT2D eigenvalue weighted by Gasteiger charge is -2.14. The van der Waals surface area contributed by atoms with Gasteiger partial charge in [0.1, 0.15) is 11.6 Å². The van der Waals surface area contributed by atoms with Crippen molar-refractivity contribution in [3.8, 4) is 0 Å². The van der Waals surface area contributed by atoms with E-state index in [2.05, 4.69) is 10.3 Å². The SMILES string of the molecule is CC(C)CC(Nc1nc2c(F)cccc2o1)C(=O)O. The number of carboxylic acid groups (broad SMARTS) is 1. The fourth-order valence-corrected chi connectivity index (χ4v) is 1.82. The van der Waals surface area contributed by atoms with Crippen LogP contribution in [0.25, 0.3) is 11.1 Å². The topological polar surface area (TPSA) is 75.4 Å². The number of carbonyl (C=O) groups is 1. The summed E-state index contributed by atoms with van der Waals surface area (Å²) in [5, 5.41) is 11.8. The van der Waals surface area contributed by atoms with Crippen LogP contribution < -0.4 is 5.32 Å². The van der Waals surface area contributed by atoms with E-state index in [4.69, 9.17) is 9.52 Å². The van der Waals surface area contributed by atoms with Gasteiger partial charge in [0.15, 0.2) is 11.4 Å². The van der Waals surface area contributed by atoms with Crippen molar-refractivity contribution >= 4 is 23.1 Å². The predicted molar refractivity (Wildman–Crippen MR) is 68.5 cm³/mol. The van der Waals surface area contributed by atoms with Gasteiger partial charge in [-0.25, -0.2) is 9.18 Å². The second-order valence-corrected chi connectivity index (χ2v) is 4.77. The third-order valence-electron chi connectivity index (χ3n) is 2.67. The molecule has 2 N–H and O–H groups in total. The van der Waals surface area contributed by atoms with Crippen LogP contribution in [0.15, 0.2) is 22.6 Å². The van der Waals surface area contributed by atoms with Crippen LogP contribution in [0.3, 0.4) is 0 Å². The van der Waals surface area contributed by atoms with Crippen molar-refractivity contribution in [2.45, 2.75) is 26.3 Å².